The molecule has 2 saturated heterocycles. The molecular weight excluding hydrogens is 368 g/mol. The van der Waals surface area contributed by atoms with E-state index < -0.39 is 5.92 Å². The minimum atomic E-state index is -0.740. The van der Waals surface area contributed by atoms with Crippen molar-refractivity contribution in [3.63, 3.8) is 0 Å². The van der Waals surface area contributed by atoms with E-state index in [0.29, 0.717) is 22.6 Å². The maximum Gasteiger partial charge on any atom is 0.315 e. The number of aromatic nitrogens is 1. The summed E-state index contributed by atoms with van der Waals surface area (Å²) in [6.45, 7) is 4.10. The van der Waals surface area contributed by atoms with Gasteiger partial charge in [0.15, 0.2) is 11.7 Å². The van der Waals surface area contributed by atoms with Crippen LogP contribution in [0.1, 0.15) is 62.1 Å². The van der Waals surface area contributed by atoms with Gasteiger partial charge in [0.25, 0.3) is 0 Å². The predicted molar refractivity (Wildman–Crippen MR) is 104 cm³/mol. The van der Waals surface area contributed by atoms with Crippen molar-refractivity contribution in [3.05, 3.63) is 16.1 Å². The molecule has 26 heavy (non-hydrogen) atoms. The average molecular weight is 393 g/mol. The number of hydrogen-bond acceptors (Lipinski definition) is 6. The lowest BCUT2D eigenvalue weighted by molar-refractivity contribution is -0.119. The Balaban J connectivity index is 1.44. The van der Waals surface area contributed by atoms with Crippen molar-refractivity contribution in [1.29, 1.82) is 5.26 Å². The van der Waals surface area contributed by atoms with Crippen LogP contribution in [0.5, 0.6) is 0 Å². The molecule has 0 radical (unpaired) electrons. The van der Waals surface area contributed by atoms with Crippen molar-refractivity contribution < 1.29 is 9.59 Å². The van der Waals surface area contributed by atoms with Crippen LogP contribution in [0.15, 0.2) is 5.38 Å². The van der Waals surface area contributed by atoms with Gasteiger partial charge in [0.1, 0.15) is 5.01 Å². The number of rotatable bonds is 8. The number of ketones is 1. The fourth-order valence-electron chi connectivity index (χ4n) is 3.40. The van der Waals surface area contributed by atoms with E-state index in [2.05, 4.69) is 35.5 Å². The van der Waals surface area contributed by atoms with Crippen molar-refractivity contribution in [3.8, 4) is 6.07 Å². The van der Waals surface area contributed by atoms with Crippen LogP contribution < -0.4 is 10.6 Å². The minimum absolute atomic E-state index is 0.0371. The van der Waals surface area contributed by atoms with E-state index in [0.717, 1.165) is 30.7 Å². The van der Waals surface area contributed by atoms with E-state index in [9.17, 15) is 14.9 Å². The Morgan fingerprint density at radius 3 is 2.92 bits per heavy atom. The molecule has 3 rings (SSSR count). The second-order valence-corrected chi connectivity index (χ2v) is 9.32. The summed E-state index contributed by atoms with van der Waals surface area (Å²) in [5, 5.41) is 18.3. The maximum absolute atomic E-state index is 12.4. The van der Waals surface area contributed by atoms with Crippen LogP contribution in [0.2, 0.25) is 0 Å². The molecule has 2 amide bonds. The molecule has 6 nitrogen and oxygen atoms in total. The first-order valence-electron chi connectivity index (χ1n) is 9.06. The first kappa shape index (κ1) is 19.2. The van der Waals surface area contributed by atoms with E-state index in [-0.39, 0.29) is 23.9 Å². The molecule has 140 valence electrons. The fraction of sp³-hybridized carbons (Fsp3) is 0.667. The highest BCUT2D eigenvalue weighted by atomic mass is 32.2. The first-order valence-corrected chi connectivity index (χ1v) is 11.0. The minimum Gasteiger partial charge on any atom is -0.332 e. The Labute approximate surface area is 162 Å². The quantitative estimate of drug-likeness (QED) is 0.523. The van der Waals surface area contributed by atoms with Crippen molar-refractivity contribution in [2.24, 2.45) is 0 Å². The van der Waals surface area contributed by atoms with Crippen LogP contribution in [0.3, 0.4) is 0 Å². The standard InChI is InChI=1S/C18H24N4O2S2/c1-10(2)12-8-26-17(20-12)11(7-19)14(23)5-3-4-6-15-16-13(9-25-15)21-18(24)22-16/h8,10-11,13,15-16H,3-6,9H2,1-2H3,(H2,21,22,24)/t11-,13+,15+,16-/m1/s1. The number of thioether (sulfide) groups is 1. The zero-order valence-electron chi connectivity index (χ0n) is 15.0. The maximum atomic E-state index is 12.4. The van der Waals surface area contributed by atoms with Gasteiger partial charge in [0.05, 0.1) is 23.8 Å². The van der Waals surface area contributed by atoms with Crippen LogP contribution in [0.25, 0.3) is 0 Å². The lowest BCUT2D eigenvalue weighted by Crippen LogP contribution is -2.36. The Bertz CT molecular complexity index is 712. The third-order valence-corrected chi connectivity index (χ3v) is 7.37. The monoisotopic (exact) mass is 392 g/mol. The van der Waals surface area contributed by atoms with Gasteiger partial charge in [0, 0.05) is 22.8 Å². The number of nitrogens with zero attached hydrogens (tertiary/aromatic N) is 2. The summed E-state index contributed by atoms with van der Waals surface area (Å²) >= 11 is 3.29. The molecule has 2 aliphatic heterocycles. The number of carbonyl (C=O) groups is 2. The van der Waals surface area contributed by atoms with Crippen LogP contribution in [0.4, 0.5) is 4.79 Å². The summed E-state index contributed by atoms with van der Waals surface area (Å²) < 4.78 is 0. The zero-order chi connectivity index (χ0) is 18.7. The number of amides is 2. The van der Waals surface area contributed by atoms with Crippen molar-refractivity contribution >= 4 is 34.9 Å². The highest BCUT2D eigenvalue weighted by Crippen LogP contribution is 2.33. The largest absolute Gasteiger partial charge is 0.332 e. The number of urea groups is 1. The van der Waals surface area contributed by atoms with Gasteiger partial charge in [-0.2, -0.15) is 17.0 Å². The normalized spacial score (nSPS) is 25.5. The second-order valence-electron chi connectivity index (χ2n) is 7.16. The molecule has 2 aliphatic rings. The van der Waals surface area contributed by atoms with Crippen LogP contribution in [-0.4, -0.2) is 39.9 Å². The molecule has 0 bridgehead atoms. The molecular formula is C18H24N4O2S2. The zero-order valence-corrected chi connectivity index (χ0v) is 16.7. The van der Waals surface area contributed by atoms with Gasteiger partial charge >= 0.3 is 6.03 Å². The van der Waals surface area contributed by atoms with Gasteiger partial charge < -0.3 is 10.6 Å². The summed E-state index contributed by atoms with van der Waals surface area (Å²) in [5.74, 6) is 0.472. The molecule has 0 spiro atoms. The second kappa shape index (κ2) is 8.40. The first-order chi connectivity index (χ1) is 12.5. The number of Topliss-reactive ketones (excluding diaryl/α,β-unsaturated/α-hetero) is 1. The molecule has 1 aromatic rings. The fourth-order valence-corrected chi connectivity index (χ4v) is 5.98. The summed E-state index contributed by atoms with van der Waals surface area (Å²) in [6, 6.07) is 2.50. The van der Waals surface area contributed by atoms with Gasteiger partial charge in [-0.25, -0.2) is 9.78 Å². The van der Waals surface area contributed by atoms with E-state index in [1.54, 1.807) is 0 Å². The lowest BCUT2D eigenvalue weighted by atomic mass is 9.98. The Morgan fingerprint density at radius 1 is 1.42 bits per heavy atom. The number of thiazole rings is 1. The molecule has 0 aliphatic carbocycles. The highest BCUT2D eigenvalue weighted by molar-refractivity contribution is 8.00. The summed E-state index contributed by atoms with van der Waals surface area (Å²) in [6.07, 6.45) is 3.09. The molecule has 4 atom stereocenters. The molecule has 1 aromatic heterocycles. The third kappa shape index (κ3) is 4.21. The Kier molecular flexibility index (Phi) is 6.20. The smallest absolute Gasteiger partial charge is 0.315 e. The molecule has 2 N–H and O–H groups in total. The number of nitrogens with one attached hydrogen (secondary N) is 2. The van der Waals surface area contributed by atoms with E-state index in [1.165, 1.54) is 11.3 Å². The summed E-state index contributed by atoms with van der Waals surface area (Å²) in [5.41, 5.74) is 0.943. The Hall–Kier alpha value is -1.59. The molecule has 0 saturated carbocycles. The number of nitriles is 1. The highest BCUT2D eigenvalue weighted by Gasteiger charge is 2.42. The van der Waals surface area contributed by atoms with E-state index in [1.807, 2.05) is 17.1 Å². The van der Waals surface area contributed by atoms with Crippen molar-refractivity contribution in [2.45, 2.75) is 68.7 Å². The van der Waals surface area contributed by atoms with Crippen molar-refractivity contribution in [1.82, 2.24) is 15.6 Å². The van der Waals surface area contributed by atoms with Crippen LogP contribution in [0, 0.1) is 11.3 Å². The van der Waals surface area contributed by atoms with Gasteiger partial charge in [-0.3, -0.25) is 4.79 Å². The topological polar surface area (TPSA) is 94.9 Å². The molecule has 0 aromatic carbocycles. The molecule has 3 heterocycles. The van der Waals surface area contributed by atoms with Crippen LogP contribution in [-0.2, 0) is 4.79 Å². The number of hydrogen-bond donors (Lipinski definition) is 2. The predicted octanol–water partition coefficient (Wildman–Crippen LogP) is 3.17. The van der Waals surface area contributed by atoms with E-state index in [4.69, 9.17) is 0 Å². The lowest BCUT2D eigenvalue weighted by Gasteiger charge is -2.16. The van der Waals surface area contributed by atoms with Crippen molar-refractivity contribution in [2.75, 3.05) is 5.75 Å². The average Bonchev–Trinajstić information content (AvgIpc) is 3.29. The van der Waals surface area contributed by atoms with E-state index >= 15 is 0 Å². The third-order valence-electron chi connectivity index (χ3n) is 4.93. The number of carbonyl (C=O) groups excluding carboxylic acids is 2. The molecule has 2 fully saturated rings. The molecule has 0 unspecified atom stereocenters. The van der Waals surface area contributed by atoms with Gasteiger partial charge in [0.2, 0.25) is 0 Å². The van der Waals surface area contributed by atoms with Gasteiger partial charge in [-0.1, -0.05) is 20.3 Å². The summed E-state index contributed by atoms with van der Waals surface area (Å²) in [4.78, 5) is 28.3. The van der Waals surface area contributed by atoms with Gasteiger partial charge in [-0.05, 0) is 18.8 Å². The molecule has 8 heteroatoms. The number of unbranched alkanes of at least 4 members (excludes halogenated alkanes) is 1. The van der Waals surface area contributed by atoms with Crippen LogP contribution >= 0.6 is 23.1 Å². The Morgan fingerprint density at radius 2 is 2.23 bits per heavy atom. The summed E-state index contributed by atoms with van der Waals surface area (Å²) in [7, 11) is 0. The van der Waals surface area contributed by atoms with Gasteiger partial charge in [-0.15, -0.1) is 11.3 Å². The SMILES string of the molecule is CC(C)c1csc([C@H](C#N)C(=O)CCCC[C@@H]2SC[C@@H]3NC(=O)N[C@H]32)n1. The number of fused-ring (bicyclic) bond motifs is 1.